The predicted molar refractivity (Wildman–Crippen MR) is 97.1 cm³/mol. The highest BCUT2D eigenvalue weighted by atomic mass is 35.5. The molecule has 0 saturated carbocycles. The van der Waals surface area contributed by atoms with Gasteiger partial charge >= 0.3 is 0 Å². The molecular weight excluding hydrogens is 353 g/mol. The molecule has 0 aliphatic carbocycles. The van der Waals surface area contributed by atoms with Gasteiger partial charge in [0.25, 0.3) is 0 Å². The van der Waals surface area contributed by atoms with Gasteiger partial charge in [0.2, 0.25) is 11.9 Å². The van der Waals surface area contributed by atoms with Crippen LogP contribution in [0.3, 0.4) is 0 Å². The molecule has 24 heavy (non-hydrogen) atoms. The van der Waals surface area contributed by atoms with E-state index in [1.807, 2.05) is 6.07 Å². The first kappa shape index (κ1) is 20.9. The molecule has 2 atom stereocenters. The fourth-order valence-electron chi connectivity index (χ4n) is 2.98. The van der Waals surface area contributed by atoms with Crippen molar-refractivity contribution in [1.29, 1.82) is 0 Å². The maximum atomic E-state index is 12.2. The van der Waals surface area contributed by atoms with Crippen LogP contribution in [0.1, 0.15) is 19.3 Å². The maximum absolute atomic E-state index is 12.2. The van der Waals surface area contributed by atoms with E-state index in [-0.39, 0.29) is 42.9 Å². The van der Waals surface area contributed by atoms with Crippen LogP contribution in [0.15, 0.2) is 18.5 Å². The summed E-state index contributed by atoms with van der Waals surface area (Å²) in [4.78, 5) is 22.9. The second kappa shape index (κ2) is 10.7. The number of morpholine rings is 1. The maximum Gasteiger partial charge on any atom is 0.225 e. The van der Waals surface area contributed by atoms with E-state index in [1.165, 1.54) is 0 Å². The van der Waals surface area contributed by atoms with Gasteiger partial charge < -0.3 is 20.3 Å². The summed E-state index contributed by atoms with van der Waals surface area (Å²) < 4.78 is 5.57. The molecule has 2 unspecified atom stereocenters. The number of piperidine rings is 1. The third-order valence-corrected chi connectivity index (χ3v) is 4.04. The van der Waals surface area contributed by atoms with Crippen LogP contribution in [0.2, 0.25) is 0 Å². The van der Waals surface area contributed by atoms with Gasteiger partial charge in [-0.3, -0.25) is 4.79 Å². The molecule has 1 aromatic rings. The van der Waals surface area contributed by atoms with Gasteiger partial charge in [-0.1, -0.05) is 0 Å². The van der Waals surface area contributed by atoms with Gasteiger partial charge in [-0.05, 0) is 18.9 Å². The summed E-state index contributed by atoms with van der Waals surface area (Å²) >= 11 is 0. The molecule has 3 rings (SSSR count). The fourth-order valence-corrected chi connectivity index (χ4v) is 2.98. The van der Waals surface area contributed by atoms with Gasteiger partial charge in [-0.2, -0.15) is 0 Å². The average Bonchev–Trinajstić information content (AvgIpc) is 2.57. The lowest BCUT2D eigenvalue weighted by Gasteiger charge is -2.33. The van der Waals surface area contributed by atoms with Crippen LogP contribution in [-0.4, -0.2) is 60.8 Å². The van der Waals surface area contributed by atoms with Crippen molar-refractivity contribution in [3.05, 3.63) is 18.5 Å². The molecule has 9 heteroatoms. The number of nitrogens with zero attached hydrogens (tertiary/aromatic N) is 3. The van der Waals surface area contributed by atoms with E-state index in [2.05, 4.69) is 25.5 Å². The Balaban J connectivity index is 0.00000144. The normalized spacial score (nSPS) is 23.6. The molecule has 0 spiro atoms. The molecular formula is C15H25Cl2N5O2. The average molecular weight is 378 g/mol. The highest BCUT2D eigenvalue weighted by Crippen LogP contribution is 2.15. The minimum absolute atomic E-state index is 0. The van der Waals surface area contributed by atoms with Crippen molar-refractivity contribution in [2.75, 3.05) is 37.7 Å². The number of halogens is 2. The monoisotopic (exact) mass is 377 g/mol. The zero-order valence-corrected chi connectivity index (χ0v) is 15.2. The van der Waals surface area contributed by atoms with Crippen LogP contribution in [0.25, 0.3) is 0 Å². The van der Waals surface area contributed by atoms with E-state index >= 15 is 0 Å². The number of anilines is 1. The lowest BCUT2D eigenvalue weighted by Crippen LogP contribution is -2.49. The van der Waals surface area contributed by atoms with Gasteiger partial charge in [-0.25, -0.2) is 9.97 Å². The quantitative estimate of drug-likeness (QED) is 0.807. The van der Waals surface area contributed by atoms with E-state index in [0.29, 0.717) is 13.0 Å². The van der Waals surface area contributed by atoms with E-state index < -0.39 is 0 Å². The number of aromatic nitrogens is 2. The number of amides is 1. The molecule has 3 heterocycles. The van der Waals surface area contributed by atoms with E-state index in [1.54, 1.807) is 12.4 Å². The summed E-state index contributed by atoms with van der Waals surface area (Å²) in [5.41, 5.74) is 0. The second-order valence-corrected chi connectivity index (χ2v) is 5.80. The Morgan fingerprint density at radius 1 is 1.38 bits per heavy atom. The van der Waals surface area contributed by atoms with Gasteiger partial charge in [-0.15, -0.1) is 24.8 Å². The third-order valence-electron chi connectivity index (χ3n) is 4.04. The standard InChI is InChI=1S/C15H23N5O2.2ClH/c21-14(9-13-10-16-6-8-22-13)19-12-3-1-7-20(11-12)15-17-4-2-5-18-15;;/h2,4-5,12-13,16H,1,3,6-11H2,(H,19,21);2*1H. The van der Waals surface area contributed by atoms with Crippen molar-refractivity contribution in [3.63, 3.8) is 0 Å². The van der Waals surface area contributed by atoms with Gasteiger partial charge in [0, 0.05) is 44.6 Å². The van der Waals surface area contributed by atoms with Crippen LogP contribution in [0, 0.1) is 0 Å². The molecule has 7 nitrogen and oxygen atoms in total. The zero-order chi connectivity index (χ0) is 15.2. The van der Waals surface area contributed by atoms with Crippen molar-refractivity contribution in [1.82, 2.24) is 20.6 Å². The fraction of sp³-hybridized carbons (Fsp3) is 0.667. The molecule has 1 amide bonds. The van der Waals surface area contributed by atoms with Crippen molar-refractivity contribution in [3.8, 4) is 0 Å². The molecule has 2 N–H and O–H groups in total. The van der Waals surface area contributed by atoms with E-state index in [4.69, 9.17) is 4.74 Å². The van der Waals surface area contributed by atoms with Crippen molar-refractivity contribution in [2.24, 2.45) is 0 Å². The van der Waals surface area contributed by atoms with Gasteiger partial charge in [0.15, 0.2) is 0 Å². The second-order valence-electron chi connectivity index (χ2n) is 5.80. The summed E-state index contributed by atoms with van der Waals surface area (Å²) in [7, 11) is 0. The molecule has 2 aliphatic heterocycles. The minimum atomic E-state index is -0.00843. The molecule has 0 bridgehead atoms. The molecule has 2 aliphatic rings. The number of ether oxygens (including phenoxy) is 1. The third kappa shape index (κ3) is 6.05. The van der Waals surface area contributed by atoms with Crippen LogP contribution in [0.5, 0.6) is 0 Å². The zero-order valence-electron chi connectivity index (χ0n) is 13.5. The van der Waals surface area contributed by atoms with Crippen LogP contribution in [0.4, 0.5) is 5.95 Å². The van der Waals surface area contributed by atoms with Crippen LogP contribution in [-0.2, 0) is 9.53 Å². The number of hydrogen-bond acceptors (Lipinski definition) is 6. The lowest BCUT2D eigenvalue weighted by molar-refractivity contribution is -0.125. The SMILES string of the molecule is Cl.Cl.O=C(CC1CNCCO1)NC1CCCN(c2ncccn2)C1. The lowest BCUT2D eigenvalue weighted by atomic mass is 10.1. The molecule has 1 aromatic heterocycles. The Hall–Kier alpha value is -1.15. The molecule has 2 fully saturated rings. The summed E-state index contributed by atoms with van der Waals surface area (Å²) in [5, 5.41) is 6.36. The number of nitrogens with one attached hydrogen (secondary N) is 2. The Morgan fingerprint density at radius 3 is 2.88 bits per heavy atom. The van der Waals surface area contributed by atoms with E-state index in [0.717, 1.165) is 45.0 Å². The first-order valence-electron chi connectivity index (χ1n) is 7.95. The molecule has 2 saturated heterocycles. The van der Waals surface area contributed by atoms with Gasteiger partial charge in [0.05, 0.1) is 19.1 Å². The van der Waals surface area contributed by atoms with Crippen LogP contribution < -0.4 is 15.5 Å². The number of carbonyl (C=O) groups is 1. The summed E-state index contributed by atoms with van der Waals surface area (Å²) in [5.74, 6) is 0.802. The largest absolute Gasteiger partial charge is 0.375 e. The number of carbonyl (C=O) groups excluding carboxylic acids is 1. The summed E-state index contributed by atoms with van der Waals surface area (Å²) in [6.07, 6.45) is 5.94. The predicted octanol–water partition coefficient (Wildman–Crippen LogP) is 0.784. The van der Waals surface area contributed by atoms with Crippen molar-refractivity contribution < 1.29 is 9.53 Å². The smallest absolute Gasteiger partial charge is 0.225 e. The number of rotatable bonds is 4. The first-order valence-corrected chi connectivity index (χ1v) is 7.95. The number of hydrogen-bond donors (Lipinski definition) is 2. The topological polar surface area (TPSA) is 79.4 Å². The van der Waals surface area contributed by atoms with Crippen LogP contribution >= 0.6 is 24.8 Å². The van der Waals surface area contributed by atoms with Gasteiger partial charge in [0.1, 0.15) is 0 Å². The summed E-state index contributed by atoms with van der Waals surface area (Å²) in [6.45, 7) is 4.00. The molecule has 0 radical (unpaired) electrons. The summed E-state index contributed by atoms with van der Waals surface area (Å²) in [6, 6.07) is 1.96. The van der Waals surface area contributed by atoms with Crippen molar-refractivity contribution in [2.45, 2.75) is 31.4 Å². The van der Waals surface area contributed by atoms with E-state index in [9.17, 15) is 4.79 Å². The Morgan fingerprint density at radius 2 is 2.17 bits per heavy atom. The highest BCUT2D eigenvalue weighted by Gasteiger charge is 2.24. The first-order chi connectivity index (χ1) is 10.8. The Bertz CT molecular complexity index is 488. The Labute approximate surface area is 154 Å². The minimum Gasteiger partial charge on any atom is -0.375 e. The molecule has 136 valence electrons. The molecule has 0 aromatic carbocycles. The highest BCUT2D eigenvalue weighted by molar-refractivity contribution is 5.85. The van der Waals surface area contributed by atoms with Crippen molar-refractivity contribution >= 4 is 36.7 Å². The Kier molecular flexibility index (Phi) is 9.28.